The van der Waals surface area contributed by atoms with Crippen LogP contribution in [0.5, 0.6) is 0 Å². The van der Waals surface area contributed by atoms with Gasteiger partial charge in [0.2, 0.25) is 5.91 Å². The van der Waals surface area contributed by atoms with Gasteiger partial charge in [0.1, 0.15) is 0 Å². The van der Waals surface area contributed by atoms with E-state index in [2.05, 4.69) is 12.2 Å². The number of amides is 1. The van der Waals surface area contributed by atoms with Crippen molar-refractivity contribution in [2.24, 2.45) is 5.92 Å². The van der Waals surface area contributed by atoms with E-state index >= 15 is 0 Å². The lowest BCUT2D eigenvalue weighted by molar-refractivity contribution is -0.131. The van der Waals surface area contributed by atoms with Crippen LogP contribution in [-0.4, -0.2) is 48.3 Å². The molecule has 2 aliphatic rings. The van der Waals surface area contributed by atoms with Crippen LogP contribution in [0.25, 0.3) is 0 Å². The Hall–Kier alpha value is -0.660. The number of nitrogens with zero attached hydrogens (tertiary/aromatic N) is 1. The van der Waals surface area contributed by atoms with E-state index in [1.165, 1.54) is 0 Å². The van der Waals surface area contributed by atoms with Gasteiger partial charge in [-0.3, -0.25) is 14.7 Å². The van der Waals surface area contributed by atoms with E-state index in [1.807, 2.05) is 0 Å². The van der Waals surface area contributed by atoms with E-state index in [1.54, 1.807) is 4.90 Å². The first-order chi connectivity index (χ1) is 8.93. The van der Waals surface area contributed by atoms with Crippen LogP contribution in [0.15, 0.2) is 0 Å². The predicted molar refractivity (Wildman–Crippen MR) is 71.1 cm³/mol. The summed E-state index contributed by atoms with van der Waals surface area (Å²) < 4.78 is 32.3. The monoisotopic (exact) mass is 290 g/mol. The fraction of sp³-hybridized carbons (Fsp3) is 0.917. The first kappa shape index (κ1) is 14.7. The maximum atomic E-state index is 12.0. The quantitative estimate of drug-likeness (QED) is 0.740. The molecule has 0 aromatic carbocycles. The number of carbonyl (C=O) groups excluding carboxylic acids is 1. The predicted octanol–water partition coefficient (Wildman–Crippen LogP) is 0.601. The van der Waals surface area contributed by atoms with Gasteiger partial charge in [0.05, 0.1) is 6.04 Å². The lowest BCUT2D eigenvalue weighted by Crippen LogP contribution is -2.49. The van der Waals surface area contributed by atoms with E-state index in [0.717, 1.165) is 19.3 Å². The average Bonchev–Trinajstić information content (AvgIpc) is 2.67. The number of nitrogens with one attached hydrogen (secondary N) is 1. The molecule has 1 amide bonds. The molecule has 2 aliphatic heterocycles. The molecule has 3 atom stereocenters. The summed E-state index contributed by atoms with van der Waals surface area (Å²) in [6.45, 7) is 3.04. The zero-order chi connectivity index (χ0) is 14.0. The van der Waals surface area contributed by atoms with Crippen molar-refractivity contribution in [1.29, 1.82) is 0 Å². The molecule has 2 rings (SSSR count). The van der Waals surface area contributed by atoms with Crippen LogP contribution >= 0.6 is 0 Å². The van der Waals surface area contributed by atoms with Crippen LogP contribution in [0.3, 0.4) is 0 Å². The number of fused-ring (bicyclic) bond motifs is 1. The van der Waals surface area contributed by atoms with Gasteiger partial charge in [-0.15, -0.1) is 0 Å². The third kappa shape index (κ3) is 3.27. The molecule has 7 heteroatoms. The standard InChI is InChI=1S/C12H22N2O4S/c1-2-3-4-9-7-10-12(19(16,17)18)13-6-5-11(15)14(10)8-9/h9-10,12-13H,2-8H2,1H3,(H,16,17,18)/t9-,10-,12?/m0/s1. The molecular weight excluding hydrogens is 268 g/mol. The minimum absolute atomic E-state index is 0.0114. The molecule has 0 aromatic heterocycles. The van der Waals surface area contributed by atoms with Gasteiger partial charge in [-0.2, -0.15) is 8.42 Å². The molecule has 0 aliphatic carbocycles. The van der Waals surface area contributed by atoms with Crippen LogP contribution in [0.2, 0.25) is 0 Å². The molecule has 2 saturated heterocycles. The van der Waals surface area contributed by atoms with Crippen LogP contribution in [-0.2, 0) is 14.9 Å². The van der Waals surface area contributed by atoms with Crippen molar-refractivity contribution in [2.45, 2.75) is 50.4 Å². The highest BCUT2D eigenvalue weighted by atomic mass is 32.2. The average molecular weight is 290 g/mol. The number of hydrogen-bond donors (Lipinski definition) is 2. The van der Waals surface area contributed by atoms with Gasteiger partial charge in [0.25, 0.3) is 10.1 Å². The third-order valence-electron chi connectivity index (χ3n) is 4.07. The Morgan fingerprint density at radius 1 is 1.47 bits per heavy atom. The lowest BCUT2D eigenvalue weighted by atomic mass is 9.99. The maximum absolute atomic E-state index is 12.0. The molecule has 0 radical (unpaired) electrons. The topological polar surface area (TPSA) is 86.7 Å². The van der Waals surface area contributed by atoms with Crippen LogP contribution in [0.1, 0.15) is 39.0 Å². The first-order valence-electron chi connectivity index (χ1n) is 6.92. The van der Waals surface area contributed by atoms with Gasteiger partial charge in [-0.25, -0.2) is 0 Å². The van der Waals surface area contributed by atoms with Gasteiger partial charge in [-0.05, 0) is 18.8 Å². The van der Waals surface area contributed by atoms with Crippen molar-refractivity contribution in [3.8, 4) is 0 Å². The summed E-state index contributed by atoms with van der Waals surface area (Å²) in [7, 11) is -4.18. The van der Waals surface area contributed by atoms with E-state index in [4.69, 9.17) is 0 Å². The Morgan fingerprint density at radius 2 is 2.21 bits per heavy atom. The van der Waals surface area contributed by atoms with Crippen LogP contribution in [0, 0.1) is 5.92 Å². The van der Waals surface area contributed by atoms with Crippen molar-refractivity contribution in [2.75, 3.05) is 13.1 Å². The number of carbonyl (C=O) groups is 1. The summed E-state index contributed by atoms with van der Waals surface area (Å²) in [5.41, 5.74) is 0. The van der Waals surface area contributed by atoms with Crippen molar-refractivity contribution < 1.29 is 17.8 Å². The van der Waals surface area contributed by atoms with Gasteiger partial charge in [0, 0.05) is 19.5 Å². The second kappa shape index (κ2) is 5.76. The molecule has 6 nitrogen and oxygen atoms in total. The number of hydrogen-bond acceptors (Lipinski definition) is 4. The number of rotatable bonds is 4. The molecule has 0 spiro atoms. The Kier molecular flexibility index (Phi) is 4.47. The second-order valence-corrected chi connectivity index (χ2v) is 7.03. The molecule has 0 bridgehead atoms. The Bertz CT molecular complexity index is 437. The van der Waals surface area contributed by atoms with Crippen molar-refractivity contribution in [1.82, 2.24) is 10.2 Å². The Balaban J connectivity index is 2.16. The van der Waals surface area contributed by atoms with Crippen LogP contribution in [0.4, 0.5) is 0 Å². The van der Waals surface area contributed by atoms with Gasteiger partial charge in [-0.1, -0.05) is 19.8 Å². The largest absolute Gasteiger partial charge is 0.337 e. The summed E-state index contributed by atoms with van der Waals surface area (Å²) in [6, 6.07) is -0.424. The first-order valence-corrected chi connectivity index (χ1v) is 8.43. The molecule has 110 valence electrons. The highest BCUT2D eigenvalue weighted by molar-refractivity contribution is 7.86. The second-order valence-electron chi connectivity index (χ2n) is 5.50. The molecule has 2 heterocycles. The highest BCUT2D eigenvalue weighted by Crippen LogP contribution is 2.32. The van der Waals surface area contributed by atoms with E-state index < -0.39 is 21.5 Å². The van der Waals surface area contributed by atoms with Crippen molar-refractivity contribution >= 4 is 16.0 Å². The van der Waals surface area contributed by atoms with E-state index in [0.29, 0.717) is 31.8 Å². The van der Waals surface area contributed by atoms with E-state index in [9.17, 15) is 17.8 Å². The summed E-state index contributed by atoms with van der Waals surface area (Å²) in [4.78, 5) is 13.6. The molecule has 1 unspecified atom stereocenters. The smallest absolute Gasteiger partial charge is 0.283 e. The zero-order valence-corrected chi connectivity index (χ0v) is 12.0. The Morgan fingerprint density at radius 3 is 2.84 bits per heavy atom. The van der Waals surface area contributed by atoms with Crippen LogP contribution < -0.4 is 5.32 Å². The van der Waals surface area contributed by atoms with E-state index in [-0.39, 0.29) is 5.91 Å². The summed E-state index contributed by atoms with van der Waals surface area (Å²) in [5, 5.41) is 1.76. The fourth-order valence-electron chi connectivity index (χ4n) is 3.14. The molecule has 19 heavy (non-hydrogen) atoms. The van der Waals surface area contributed by atoms with Gasteiger partial charge in [0.15, 0.2) is 5.37 Å². The highest BCUT2D eigenvalue weighted by Gasteiger charge is 2.45. The summed E-state index contributed by atoms with van der Waals surface area (Å²) >= 11 is 0. The molecule has 2 N–H and O–H groups in total. The normalized spacial score (nSPS) is 32.2. The molecule has 2 fully saturated rings. The minimum atomic E-state index is -4.18. The third-order valence-corrected chi connectivity index (χ3v) is 5.19. The van der Waals surface area contributed by atoms with Gasteiger partial charge < -0.3 is 4.90 Å². The number of unbranched alkanes of at least 4 members (excludes halogenated alkanes) is 1. The zero-order valence-electron chi connectivity index (χ0n) is 11.2. The molecule has 0 saturated carbocycles. The molecule has 0 aromatic rings. The minimum Gasteiger partial charge on any atom is -0.337 e. The fourth-order valence-corrected chi connectivity index (χ4v) is 4.12. The molecular formula is C12H22N2O4S. The Labute approximate surface area is 114 Å². The summed E-state index contributed by atoms with van der Waals surface area (Å²) in [5.74, 6) is 0.334. The SMILES string of the molecule is CCCC[C@H]1C[C@H]2C(S(=O)(=O)O)NCCC(=O)N2C1. The lowest BCUT2D eigenvalue weighted by Gasteiger charge is -2.26. The van der Waals surface area contributed by atoms with Crippen molar-refractivity contribution in [3.05, 3.63) is 0 Å². The van der Waals surface area contributed by atoms with Gasteiger partial charge >= 0.3 is 0 Å². The van der Waals surface area contributed by atoms with Crippen molar-refractivity contribution in [3.63, 3.8) is 0 Å². The summed E-state index contributed by atoms with van der Waals surface area (Å²) in [6.07, 6.45) is 4.14. The maximum Gasteiger partial charge on any atom is 0.283 e.